The highest BCUT2D eigenvalue weighted by molar-refractivity contribution is 5.23. The summed E-state index contributed by atoms with van der Waals surface area (Å²) in [6.07, 6.45) is 5.50. The Morgan fingerprint density at radius 2 is 1.60 bits per heavy atom. The van der Waals surface area contributed by atoms with E-state index < -0.39 is 0 Å². The smallest absolute Gasteiger partial charge is 0.0395 e. The molecule has 0 amide bonds. The lowest BCUT2D eigenvalue weighted by molar-refractivity contribution is 1.34. The normalized spacial score (nSPS) is 9.27. The molecule has 1 aromatic rings. The molecule has 0 nitrogen and oxygen atoms in total. The van der Waals surface area contributed by atoms with Crippen LogP contribution in [-0.4, -0.2) is 0 Å². The lowest BCUT2D eigenvalue weighted by atomic mass is 10.1. The van der Waals surface area contributed by atoms with Crippen LogP contribution in [0.2, 0.25) is 0 Å². The van der Waals surface area contributed by atoms with E-state index in [1.165, 1.54) is 11.1 Å². The van der Waals surface area contributed by atoms with Gasteiger partial charge in [-0.05, 0) is 31.9 Å². The van der Waals surface area contributed by atoms with E-state index >= 15 is 0 Å². The summed E-state index contributed by atoms with van der Waals surface area (Å²) in [6, 6.07) is 8.36. The summed E-state index contributed by atoms with van der Waals surface area (Å²) in [5.41, 5.74) is 3.79. The highest BCUT2D eigenvalue weighted by atomic mass is 13.9. The van der Waals surface area contributed by atoms with Crippen LogP contribution >= 0.6 is 0 Å². The van der Waals surface area contributed by atoms with Gasteiger partial charge in [-0.1, -0.05) is 61.2 Å². The van der Waals surface area contributed by atoms with E-state index in [2.05, 4.69) is 51.3 Å². The molecule has 0 aliphatic heterocycles. The van der Waals surface area contributed by atoms with E-state index in [0.29, 0.717) is 0 Å². The van der Waals surface area contributed by atoms with Crippen LogP contribution in [0.1, 0.15) is 18.1 Å². The number of allylic oxidation sites excluding steroid dienone is 4. The van der Waals surface area contributed by atoms with Crippen molar-refractivity contribution in [2.24, 2.45) is 0 Å². The van der Waals surface area contributed by atoms with Gasteiger partial charge in [0.2, 0.25) is 0 Å². The second kappa shape index (κ2) is 7.81. The third-order valence-electron chi connectivity index (χ3n) is 1.94. The van der Waals surface area contributed by atoms with Gasteiger partial charge in [0.05, 0.1) is 0 Å². The number of aryl methyl sites for hydroxylation is 2. The van der Waals surface area contributed by atoms with Crippen molar-refractivity contribution in [1.82, 2.24) is 0 Å². The van der Waals surface area contributed by atoms with Gasteiger partial charge in [0, 0.05) is 0 Å². The first-order chi connectivity index (χ1) is 7.07. The van der Waals surface area contributed by atoms with Crippen molar-refractivity contribution in [1.29, 1.82) is 0 Å². The molecule has 1 rings (SSSR count). The van der Waals surface area contributed by atoms with Crippen LogP contribution in [-0.2, 0) is 0 Å². The monoisotopic (exact) mass is 200 g/mol. The Hall–Kier alpha value is -1.56. The molecule has 0 heteroatoms. The maximum atomic E-state index is 3.66. The molecule has 1 aromatic carbocycles. The lowest BCUT2D eigenvalue weighted by Gasteiger charge is -1.93. The minimum Gasteiger partial charge on any atom is -0.0991 e. The number of hydrogen-bond donors (Lipinski definition) is 0. The summed E-state index contributed by atoms with van der Waals surface area (Å²) in [5.74, 6) is 0. The fourth-order valence-corrected chi connectivity index (χ4v) is 0.895. The van der Waals surface area contributed by atoms with Gasteiger partial charge in [-0.3, -0.25) is 0 Å². The van der Waals surface area contributed by atoms with Gasteiger partial charge in [0.1, 0.15) is 0 Å². The molecule has 0 radical (unpaired) electrons. The molecule has 0 atom stereocenters. The van der Waals surface area contributed by atoms with Crippen LogP contribution in [0.15, 0.2) is 61.2 Å². The fraction of sp³-hybridized carbons (Fsp3) is 0.200. The Bertz CT molecular complexity index is 322. The van der Waals surface area contributed by atoms with E-state index in [9.17, 15) is 0 Å². The maximum Gasteiger partial charge on any atom is -0.0395 e. The van der Waals surface area contributed by atoms with Gasteiger partial charge < -0.3 is 0 Å². The molecule has 0 heterocycles. The van der Waals surface area contributed by atoms with Crippen LogP contribution in [0.25, 0.3) is 0 Å². The molecule has 0 aliphatic rings. The Balaban J connectivity index is 0.000000265. The summed E-state index contributed by atoms with van der Waals surface area (Å²) in [7, 11) is 0. The van der Waals surface area contributed by atoms with Crippen molar-refractivity contribution in [2.45, 2.75) is 20.8 Å². The molecule has 0 bridgehead atoms. The van der Waals surface area contributed by atoms with Crippen LogP contribution in [0, 0.1) is 13.8 Å². The third-order valence-corrected chi connectivity index (χ3v) is 1.94. The summed E-state index contributed by atoms with van der Waals surface area (Å²) in [4.78, 5) is 0. The molecule has 0 saturated heterocycles. The van der Waals surface area contributed by atoms with Crippen LogP contribution in [0.5, 0.6) is 0 Å². The van der Waals surface area contributed by atoms with Crippen molar-refractivity contribution in [3.05, 3.63) is 72.4 Å². The van der Waals surface area contributed by atoms with Gasteiger partial charge in [0.15, 0.2) is 0 Å². The van der Waals surface area contributed by atoms with Crippen molar-refractivity contribution in [2.75, 3.05) is 0 Å². The van der Waals surface area contributed by atoms with E-state index in [4.69, 9.17) is 0 Å². The van der Waals surface area contributed by atoms with Crippen molar-refractivity contribution >= 4 is 0 Å². The Morgan fingerprint density at radius 1 is 1.13 bits per heavy atom. The molecule has 0 saturated carbocycles. The predicted molar refractivity (Wildman–Crippen MR) is 70.1 cm³/mol. The zero-order valence-corrected chi connectivity index (χ0v) is 9.96. The quantitative estimate of drug-likeness (QED) is 0.612. The van der Waals surface area contributed by atoms with Crippen molar-refractivity contribution in [3.8, 4) is 0 Å². The molecule has 0 fully saturated rings. The number of benzene rings is 1. The summed E-state index contributed by atoms with van der Waals surface area (Å²) in [6.45, 7) is 13.3. The molecule has 0 spiro atoms. The number of hydrogen-bond acceptors (Lipinski definition) is 0. The summed E-state index contributed by atoms with van der Waals surface area (Å²) in [5, 5.41) is 0. The van der Waals surface area contributed by atoms with Gasteiger partial charge in [0.25, 0.3) is 0 Å². The standard InChI is InChI=1S/C8H10.C7H10/c1-7-5-3-4-6-8(7)2;1-4-5-6-7(2)3/h3-6H,1-2H3;4-6H,1-2H2,3H3/b;6-5-. The van der Waals surface area contributed by atoms with Crippen LogP contribution in [0.3, 0.4) is 0 Å². The molecule has 0 N–H and O–H groups in total. The second-order valence-corrected chi connectivity index (χ2v) is 3.53. The minimum atomic E-state index is 1.06. The average molecular weight is 200 g/mol. The fourth-order valence-electron chi connectivity index (χ4n) is 0.895. The minimum absolute atomic E-state index is 1.06. The Morgan fingerprint density at radius 3 is 1.80 bits per heavy atom. The summed E-state index contributed by atoms with van der Waals surface area (Å²) >= 11 is 0. The second-order valence-electron chi connectivity index (χ2n) is 3.53. The van der Waals surface area contributed by atoms with Gasteiger partial charge in [-0.2, -0.15) is 0 Å². The first kappa shape index (κ1) is 13.4. The van der Waals surface area contributed by atoms with Crippen LogP contribution in [0.4, 0.5) is 0 Å². The third kappa shape index (κ3) is 7.51. The van der Waals surface area contributed by atoms with E-state index in [0.717, 1.165) is 5.57 Å². The highest BCUT2D eigenvalue weighted by Gasteiger charge is 1.83. The average Bonchev–Trinajstić information content (AvgIpc) is 2.20. The largest absolute Gasteiger partial charge is 0.0991 e. The molecular formula is C15H20. The Kier molecular flexibility index (Phi) is 7.00. The number of rotatable bonds is 2. The van der Waals surface area contributed by atoms with E-state index in [1.54, 1.807) is 6.08 Å². The topological polar surface area (TPSA) is 0 Å². The predicted octanol–water partition coefficient (Wildman–Crippen LogP) is 4.61. The molecule has 15 heavy (non-hydrogen) atoms. The van der Waals surface area contributed by atoms with Gasteiger partial charge in [-0.15, -0.1) is 0 Å². The van der Waals surface area contributed by atoms with Crippen molar-refractivity contribution < 1.29 is 0 Å². The van der Waals surface area contributed by atoms with E-state index in [1.807, 2.05) is 19.1 Å². The van der Waals surface area contributed by atoms with Crippen LogP contribution < -0.4 is 0 Å². The van der Waals surface area contributed by atoms with Gasteiger partial charge >= 0.3 is 0 Å². The summed E-state index contributed by atoms with van der Waals surface area (Å²) < 4.78 is 0. The first-order valence-electron chi connectivity index (χ1n) is 5.04. The molecular weight excluding hydrogens is 180 g/mol. The molecule has 80 valence electrons. The lowest BCUT2D eigenvalue weighted by Crippen LogP contribution is -1.74. The van der Waals surface area contributed by atoms with E-state index in [-0.39, 0.29) is 0 Å². The van der Waals surface area contributed by atoms with Crippen molar-refractivity contribution in [3.63, 3.8) is 0 Å². The maximum absolute atomic E-state index is 3.66. The zero-order chi connectivity index (χ0) is 11.7. The molecule has 0 aromatic heterocycles. The zero-order valence-electron chi connectivity index (χ0n) is 9.96. The first-order valence-corrected chi connectivity index (χ1v) is 5.04. The Labute approximate surface area is 93.7 Å². The van der Waals surface area contributed by atoms with Gasteiger partial charge in [-0.25, -0.2) is 0 Å². The molecule has 0 unspecified atom stereocenters. The SMILES string of the molecule is C=C/C=C\C(=C)C.Cc1ccccc1C. The highest BCUT2D eigenvalue weighted by Crippen LogP contribution is 2.02. The molecule has 0 aliphatic carbocycles.